The highest BCUT2D eigenvalue weighted by molar-refractivity contribution is 7.96. The van der Waals surface area contributed by atoms with Gasteiger partial charge in [-0.15, -0.1) is 0 Å². The van der Waals surface area contributed by atoms with Crippen LogP contribution in [0.4, 0.5) is 0 Å². The molecule has 1 rings (SSSR count). The first-order valence-corrected chi connectivity index (χ1v) is 6.43. The minimum Gasteiger partial charge on any atom is -0.478 e. The van der Waals surface area contributed by atoms with Gasteiger partial charge in [-0.25, -0.2) is 9.79 Å². The summed E-state index contributed by atoms with van der Waals surface area (Å²) in [4.78, 5) is 19.1. The van der Waals surface area contributed by atoms with E-state index in [1.807, 2.05) is 0 Å². The van der Waals surface area contributed by atoms with Gasteiger partial charge in [-0.05, 0) is 6.08 Å². The summed E-state index contributed by atoms with van der Waals surface area (Å²) in [5, 5.41) is 11.7. The molecule has 0 fully saturated rings. The van der Waals surface area contributed by atoms with E-state index in [1.54, 1.807) is 0 Å². The van der Waals surface area contributed by atoms with Gasteiger partial charge in [0.15, 0.2) is 0 Å². The molecule has 1 heterocycles. The van der Waals surface area contributed by atoms with E-state index in [9.17, 15) is 4.79 Å². The number of guanidine groups is 2. The summed E-state index contributed by atoms with van der Waals surface area (Å²) < 4.78 is 5.69. The molecule has 108 valence electrons. The fourth-order valence-electron chi connectivity index (χ4n) is 1.15. The standard InChI is InChI=1S/C11H16N6O2S/c1-3-8(9(18)19)6-7(2)14-11-15-10(13-5-4-12)16-20-17-11/h3,6H,1-2,4-5,12H2,(H,18,19)(H3,13,14,15,16,17)/b8-6+. The maximum Gasteiger partial charge on any atom is 0.335 e. The molecule has 0 radical (unpaired) electrons. The van der Waals surface area contributed by atoms with Crippen LogP contribution in [0.3, 0.4) is 0 Å². The maximum absolute atomic E-state index is 10.8. The van der Waals surface area contributed by atoms with Gasteiger partial charge in [-0.3, -0.25) is 9.44 Å². The van der Waals surface area contributed by atoms with Gasteiger partial charge >= 0.3 is 5.97 Å². The molecule has 20 heavy (non-hydrogen) atoms. The maximum atomic E-state index is 10.8. The van der Waals surface area contributed by atoms with Gasteiger partial charge in [0.2, 0.25) is 11.9 Å². The molecule has 0 aromatic heterocycles. The van der Waals surface area contributed by atoms with Crippen LogP contribution < -0.4 is 20.5 Å². The SMILES string of the molecule is C=C/C(=C\C(=C)NC1=NC(=NCCN)NSN1)C(=O)O. The average Bonchev–Trinajstić information content (AvgIpc) is 2.42. The summed E-state index contributed by atoms with van der Waals surface area (Å²) in [6.45, 7) is 8.00. The van der Waals surface area contributed by atoms with Crippen LogP contribution in [0.2, 0.25) is 0 Å². The Balaban J connectivity index is 2.72. The van der Waals surface area contributed by atoms with E-state index in [4.69, 9.17) is 10.8 Å². The molecule has 0 atom stereocenters. The van der Waals surface area contributed by atoms with E-state index in [2.05, 4.69) is 37.9 Å². The van der Waals surface area contributed by atoms with E-state index in [0.717, 1.165) is 0 Å². The van der Waals surface area contributed by atoms with Gasteiger partial charge < -0.3 is 16.2 Å². The summed E-state index contributed by atoms with van der Waals surface area (Å²) in [6, 6.07) is 0. The summed E-state index contributed by atoms with van der Waals surface area (Å²) in [7, 11) is 0. The molecule has 1 aliphatic heterocycles. The van der Waals surface area contributed by atoms with Crippen LogP contribution in [-0.4, -0.2) is 36.1 Å². The van der Waals surface area contributed by atoms with Gasteiger partial charge in [-0.2, -0.15) is 4.99 Å². The minimum absolute atomic E-state index is 0.0294. The zero-order valence-corrected chi connectivity index (χ0v) is 11.5. The Morgan fingerprint density at radius 1 is 1.60 bits per heavy atom. The molecule has 0 spiro atoms. The highest BCUT2D eigenvalue weighted by atomic mass is 32.2. The average molecular weight is 296 g/mol. The number of carbonyl (C=O) groups is 1. The second kappa shape index (κ2) is 8.02. The number of hydrogen-bond donors (Lipinski definition) is 5. The van der Waals surface area contributed by atoms with Gasteiger partial charge in [-0.1, -0.05) is 19.2 Å². The molecule has 0 saturated heterocycles. The third kappa shape index (κ3) is 5.16. The fourth-order valence-corrected chi connectivity index (χ4v) is 1.59. The first-order chi connectivity index (χ1) is 9.56. The topological polar surface area (TPSA) is 124 Å². The summed E-state index contributed by atoms with van der Waals surface area (Å²) in [5.41, 5.74) is 5.74. The van der Waals surface area contributed by atoms with Crippen LogP contribution in [0, 0.1) is 0 Å². The van der Waals surface area contributed by atoms with Gasteiger partial charge in [0.05, 0.1) is 24.3 Å². The predicted molar refractivity (Wildman–Crippen MR) is 80.8 cm³/mol. The molecule has 0 saturated carbocycles. The van der Waals surface area contributed by atoms with E-state index in [0.29, 0.717) is 30.7 Å². The normalized spacial score (nSPS) is 16.8. The summed E-state index contributed by atoms with van der Waals surface area (Å²) in [5.74, 6) is -0.275. The van der Waals surface area contributed by atoms with Crippen LogP contribution in [0.15, 0.2) is 46.6 Å². The van der Waals surface area contributed by atoms with Crippen molar-refractivity contribution in [3.8, 4) is 0 Å². The van der Waals surface area contributed by atoms with Crippen LogP contribution in [0.25, 0.3) is 0 Å². The first-order valence-electron chi connectivity index (χ1n) is 5.61. The van der Waals surface area contributed by atoms with Crippen LogP contribution in [0.5, 0.6) is 0 Å². The van der Waals surface area contributed by atoms with E-state index >= 15 is 0 Å². The lowest BCUT2D eigenvalue weighted by atomic mass is 10.2. The molecule has 1 aliphatic rings. The first kappa shape index (κ1) is 15.8. The second-order valence-electron chi connectivity index (χ2n) is 3.52. The number of carboxylic acid groups (broad SMARTS) is 1. The largest absolute Gasteiger partial charge is 0.478 e. The molecule has 8 nitrogen and oxygen atoms in total. The third-order valence-electron chi connectivity index (χ3n) is 1.97. The van der Waals surface area contributed by atoms with E-state index in [-0.39, 0.29) is 5.57 Å². The summed E-state index contributed by atoms with van der Waals surface area (Å²) >= 11 is 1.17. The number of hydrogen-bond acceptors (Lipinski definition) is 6. The molecule has 0 amide bonds. The molecule has 9 heteroatoms. The van der Waals surface area contributed by atoms with Crippen molar-refractivity contribution in [3.63, 3.8) is 0 Å². The van der Waals surface area contributed by atoms with Crippen LogP contribution >= 0.6 is 12.1 Å². The zero-order valence-electron chi connectivity index (χ0n) is 10.7. The van der Waals surface area contributed by atoms with Crippen molar-refractivity contribution >= 4 is 30.0 Å². The quantitative estimate of drug-likeness (QED) is 0.259. The smallest absolute Gasteiger partial charge is 0.335 e. The van der Waals surface area contributed by atoms with Crippen molar-refractivity contribution in [1.29, 1.82) is 0 Å². The lowest BCUT2D eigenvalue weighted by molar-refractivity contribution is -0.132. The Bertz CT molecular complexity index is 497. The van der Waals surface area contributed by atoms with Crippen molar-refractivity contribution in [2.45, 2.75) is 0 Å². The Morgan fingerprint density at radius 3 is 2.95 bits per heavy atom. The van der Waals surface area contributed by atoms with Crippen molar-refractivity contribution in [2.75, 3.05) is 13.1 Å². The number of nitrogens with zero attached hydrogens (tertiary/aromatic N) is 2. The minimum atomic E-state index is -1.08. The number of allylic oxidation sites excluding steroid dienone is 1. The molecule has 0 aliphatic carbocycles. The molecule has 6 N–H and O–H groups in total. The van der Waals surface area contributed by atoms with Gasteiger partial charge in [0.1, 0.15) is 0 Å². The molecule has 0 aromatic carbocycles. The predicted octanol–water partition coefficient (Wildman–Crippen LogP) is -0.287. The Hall–Kier alpha value is -2.26. The van der Waals surface area contributed by atoms with E-state index in [1.165, 1.54) is 24.3 Å². The highest BCUT2D eigenvalue weighted by Crippen LogP contribution is 2.02. The van der Waals surface area contributed by atoms with Gasteiger partial charge in [0, 0.05) is 12.2 Å². The number of rotatable bonds is 6. The zero-order chi connectivity index (χ0) is 15.0. The van der Waals surface area contributed by atoms with Gasteiger partial charge in [0.25, 0.3) is 0 Å². The second-order valence-corrected chi connectivity index (χ2v) is 4.13. The van der Waals surface area contributed by atoms with E-state index < -0.39 is 5.97 Å². The number of carboxylic acids is 1. The number of aliphatic carboxylic acids is 1. The monoisotopic (exact) mass is 296 g/mol. The molecular weight excluding hydrogens is 280 g/mol. The summed E-state index contributed by atoms with van der Waals surface area (Å²) in [6.07, 6.45) is 2.58. The fraction of sp³-hybridized carbons (Fsp3) is 0.182. The van der Waals surface area contributed by atoms with Crippen molar-refractivity contribution in [2.24, 2.45) is 15.7 Å². The Morgan fingerprint density at radius 2 is 2.35 bits per heavy atom. The molecular formula is C11H16N6O2S. The lowest BCUT2D eigenvalue weighted by Crippen LogP contribution is -2.40. The molecule has 0 unspecified atom stereocenters. The Kier molecular flexibility index (Phi) is 6.33. The third-order valence-corrected chi connectivity index (χ3v) is 2.55. The van der Waals surface area contributed by atoms with Crippen molar-refractivity contribution in [1.82, 2.24) is 14.8 Å². The molecule has 0 bridgehead atoms. The van der Waals surface area contributed by atoms with Crippen molar-refractivity contribution < 1.29 is 9.90 Å². The van der Waals surface area contributed by atoms with Crippen LogP contribution in [0.1, 0.15) is 0 Å². The molecule has 0 aromatic rings. The van der Waals surface area contributed by atoms with Crippen LogP contribution in [-0.2, 0) is 4.79 Å². The number of aliphatic imine (C=N–C) groups is 2. The lowest BCUT2D eigenvalue weighted by Gasteiger charge is -2.17. The highest BCUT2D eigenvalue weighted by Gasteiger charge is 2.10. The number of nitrogens with two attached hydrogens (primary N) is 1. The van der Waals surface area contributed by atoms with Crippen molar-refractivity contribution in [3.05, 3.63) is 36.6 Å². The number of nitrogens with one attached hydrogen (secondary N) is 3. The Labute approximate surface area is 120 Å².